The molecule has 0 aromatic heterocycles. The van der Waals surface area contributed by atoms with E-state index in [1.807, 2.05) is 0 Å². The molecular formula is C21H32N4O4. The first-order chi connectivity index (χ1) is 13.9. The molecule has 160 valence electrons. The summed E-state index contributed by atoms with van der Waals surface area (Å²) in [6.45, 7) is 6.93. The van der Waals surface area contributed by atoms with Gasteiger partial charge in [0.1, 0.15) is 0 Å². The van der Waals surface area contributed by atoms with Gasteiger partial charge in [-0.05, 0) is 38.1 Å². The molecule has 1 saturated carbocycles. The molecule has 2 rings (SSSR count). The zero-order chi connectivity index (χ0) is 21.2. The molecule has 0 spiro atoms. The maximum atomic E-state index is 13.0. The minimum Gasteiger partial charge on any atom is -0.352 e. The lowest BCUT2D eigenvalue weighted by atomic mass is 9.95. The molecule has 0 aliphatic heterocycles. The van der Waals surface area contributed by atoms with Crippen molar-refractivity contribution in [3.8, 4) is 0 Å². The zero-order valence-electron chi connectivity index (χ0n) is 17.4. The summed E-state index contributed by atoms with van der Waals surface area (Å²) in [6.07, 6.45) is 5.43. The lowest BCUT2D eigenvalue weighted by Crippen LogP contribution is -2.47. The SMILES string of the molecule is CCN(CC)CCN(CC(=O)NC1CCCCC1)C(=O)c1ccc([N+](=O)[O-])cc1. The topological polar surface area (TPSA) is 95.8 Å². The van der Waals surface area contributed by atoms with E-state index in [4.69, 9.17) is 0 Å². The fourth-order valence-electron chi connectivity index (χ4n) is 3.66. The summed E-state index contributed by atoms with van der Waals surface area (Å²) in [5, 5.41) is 13.9. The number of carbonyl (C=O) groups excluding carboxylic acids is 2. The molecule has 29 heavy (non-hydrogen) atoms. The van der Waals surface area contributed by atoms with E-state index in [1.54, 1.807) is 0 Å². The van der Waals surface area contributed by atoms with Gasteiger partial charge in [-0.25, -0.2) is 0 Å². The van der Waals surface area contributed by atoms with E-state index in [-0.39, 0.29) is 30.1 Å². The summed E-state index contributed by atoms with van der Waals surface area (Å²) in [7, 11) is 0. The third kappa shape index (κ3) is 7.12. The fraction of sp³-hybridized carbons (Fsp3) is 0.619. The number of amides is 2. The highest BCUT2D eigenvalue weighted by Gasteiger charge is 2.22. The maximum Gasteiger partial charge on any atom is 0.269 e. The first-order valence-electron chi connectivity index (χ1n) is 10.5. The summed E-state index contributed by atoms with van der Waals surface area (Å²) >= 11 is 0. The van der Waals surface area contributed by atoms with Crippen molar-refractivity contribution in [2.45, 2.75) is 52.0 Å². The maximum absolute atomic E-state index is 13.0. The Morgan fingerprint density at radius 3 is 2.24 bits per heavy atom. The number of hydrogen-bond donors (Lipinski definition) is 1. The summed E-state index contributed by atoms with van der Waals surface area (Å²) in [6, 6.07) is 5.72. The van der Waals surface area contributed by atoms with Crippen LogP contribution in [-0.4, -0.2) is 65.3 Å². The molecule has 0 saturated heterocycles. The van der Waals surface area contributed by atoms with Crippen molar-refractivity contribution in [1.29, 1.82) is 0 Å². The number of nitro benzene ring substituents is 1. The quantitative estimate of drug-likeness (QED) is 0.478. The molecule has 8 nitrogen and oxygen atoms in total. The summed E-state index contributed by atoms with van der Waals surface area (Å²) < 4.78 is 0. The fourth-order valence-corrected chi connectivity index (χ4v) is 3.66. The second-order valence-corrected chi connectivity index (χ2v) is 7.46. The zero-order valence-corrected chi connectivity index (χ0v) is 17.4. The van der Waals surface area contributed by atoms with Crippen molar-refractivity contribution in [3.63, 3.8) is 0 Å². The van der Waals surface area contributed by atoms with Gasteiger partial charge in [-0.1, -0.05) is 33.1 Å². The molecule has 8 heteroatoms. The van der Waals surface area contributed by atoms with Gasteiger partial charge in [0.2, 0.25) is 5.91 Å². The van der Waals surface area contributed by atoms with Crippen molar-refractivity contribution < 1.29 is 14.5 Å². The summed E-state index contributed by atoms with van der Waals surface area (Å²) in [5.74, 6) is -0.433. The van der Waals surface area contributed by atoms with Crippen LogP contribution in [0.25, 0.3) is 0 Å². The van der Waals surface area contributed by atoms with Crippen molar-refractivity contribution in [1.82, 2.24) is 15.1 Å². The van der Waals surface area contributed by atoms with Gasteiger partial charge >= 0.3 is 0 Å². The van der Waals surface area contributed by atoms with Gasteiger partial charge in [0.05, 0.1) is 11.5 Å². The van der Waals surface area contributed by atoms with E-state index >= 15 is 0 Å². The molecule has 0 radical (unpaired) electrons. The van der Waals surface area contributed by atoms with E-state index in [9.17, 15) is 19.7 Å². The summed E-state index contributed by atoms with van der Waals surface area (Å²) in [5.41, 5.74) is 0.284. The van der Waals surface area contributed by atoms with Gasteiger partial charge in [0, 0.05) is 36.8 Å². The molecule has 2 amide bonds. The Balaban J connectivity index is 2.06. The molecule has 1 fully saturated rings. The van der Waals surface area contributed by atoms with Crippen LogP contribution >= 0.6 is 0 Å². The molecule has 0 atom stereocenters. The van der Waals surface area contributed by atoms with Gasteiger partial charge in [-0.15, -0.1) is 0 Å². The summed E-state index contributed by atoms with van der Waals surface area (Å²) in [4.78, 5) is 39.7. The van der Waals surface area contributed by atoms with Crippen molar-refractivity contribution in [2.75, 3.05) is 32.7 Å². The van der Waals surface area contributed by atoms with Gasteiger partial charge in [-0.2, -0.15) is 0 Å². The van der Waals surface area contributed by atoms with Crippen LogP contribution in [0.15, 0.2) is 24.3 Å². The molecule has 1 aromatic carbocycles. The van der Waals surface area contributed by atoms with E-state index in [0.717, 1.165) is 38.8 Å². The molecule has 0 bridgehead atoms. The Morgan fingerprint density at radius 1 is 1.07 bits per heavy atom. The van der Waals surface area contributed by atoms with E-state index in [1.165, 1.54) is 35.6 Å². The average Bonchev–Trinajstić information content (AvgIpc) is 2.73. The monoisotopic (exact) mass is 404 g/mol. The van der Waals surface area contributed by atoms with Crippen LogP contribution in [0, 0.1) is 10.1 Å². The third-order valence-corrected chi connectivity index (χ3v) is 5.50. The number of carbonyl (C=O) groups is 2. The average molecular weight is 405 g/mol. The van der Waals surface area contributed by atoms with E-state index in [0.29, 0.717) is 18.7 Å². The highest BCUT2D eigenvalue weighted by Crippen LogP contribution is 2.17. The number of rotatable bonds is 10. The highest BCUT2D eigenvalue weighted by molar-refractivity contribution is 5.96. The number of nitro groups is 1. The molecule has 0 unspecified atom stereocenters. The van der Waals surface area contributed by atoms with Crippen LogP contribution in [0.2, 0.25) is 0 Å². The Kier molecular flexibility index (Phi) is 9.05. The van der Waals surface area contributed by atoms with Crippen LogP contribution in [0.1, 0.15) is 56.3 Å². The third-order valence-electron chi connectivity index (χ3n) is 5.50. The number of nitrogens with zero attached hydrogens (tertiary/aromatic N) is 3. The smallest absolute Gasteiger partial charge is 0.269 e. The number of likely N-dealkylation sites (N-methyl/N-ethyl adjacent to an activating group) is 1. The Hall–Kier alpha value is -2.48. The lowest BCUT2D eigenvalue weighted by molar-refractivity contribution is -0.384. The molecular weight excluding hydrogens is 372 g/mol. The Morgan fingerprint density at radius 2 is 1.69 bits per heavy atom. The lowest BCUT2D eigenvalue weighted by Gasteiger charge is -2.28. The number of non-ortho nitro benzene ring substituents is 1. The standard InChI is InChI=1S/C21H32N4O4/c1-3-23(4-2)14-15-24(16-20(26)22-18-8-6-5-7-9-18)21(27)17-10-12-19(13-11-17)25(28)29/h10-13,18H,3-9,14-16H2,1-2H3,(H,22,26). The largest absolute Gasteiger partial charge is 0.352 e. The molecule has 1 aliphatic carbocycles. The van der Waals surface area contributed by atoms with Gasteiger partial charge in [0.15, 0.2) is 0 Å². The van der Waals surface area contributed by atoms with Crippen molar-refractivity contribution in [3.05, 3.63) is 39.9 Å². The van der Waals surface area contributed by atoms with Gasteiger partial charge < -0.3 is 15.1 Å². The Labute approximate surface area is 172 Å². The molecule has 0 heterocycles. The van der Waals surface area contributed by atoms with Crippen LogP contribution in [-0.2, 0) is 4.79 Å². The molecule has 1 N–H and O–H groups in total. The molecule has 1 aliphatic rings. The van der Waals surface area contributed by atoms with Gasteiger partial charge in [0.25, 0.3) is 11.6 Å². The number of hydrogen-bond acceptors (Lipinski definition) is 5. The first kappa shape index (κ1) is 22.8. The van der Waals surface area contributed by atoms with Crippen LogP contribution < -0.4 is 5.32 Å². The second-order valence-electron chi connectivity index (χ2n) is 7.46. The van der Waals surface area contributed by atoms with Crippen molar-refractivity contribution in [2.24, 2.45) is 0 Å². The second kappa shape index (κ2) is 11.5. The Bertz CT molecular complexity index is 682. The minimum absolute atomic E-state index is 0.00636. The van der Waals surface area contributed by atoms with Crippen molar-refractivity contribution >= 4 is 17.5 Å². The number of benzene rings is 1. The normalized spacial score (nSPS) is 14.6. The minimum atomic E-state index is -0.496. The van der Waals surface area contributed by atoms with Crippen LogP contribution in [0.3, 0.4) is 0 Å². The van der Waals surface area contributed by atoms with Crippen LogP contribution in [0.4, 0.5) is 5.69 Å². The van der Waals surface area contributed by atoms with E-state index in [2.05, 4.69) is 24.1 Å². The predicted molar refractivity (Wildman–Crippen MR) is 112 cm³/mol. The highest BCUT2D eigenvalue weighted by atomic mass is 16.6. The number of nitrogens with one attached hydrogen (secondary N) is 1. The first-order valence-corrected chi connectivity index (χ1v) is 10.5. The van der Waals surface area contributed by atoms with Crippen LogP contribution in [0.5, 0.6) is 0 Å². The van der Waals surface area contributed by atoms with Gasteiger partial charge in [-0.3, -0.25) is 19.7 Å². The van der Waals surface area contributed by atoms with E-state index < -0.39 is 4.92 Å². The molecule has 1 aromatic rings. The predicted octanol–water partition coefficient (Wildman–Crippen LogP) is 2.83.